The molecule has 2 atom stereocenters. The van der Waals surface area contributed by atoms with Crippen LogP contribution in [0, 0.1) is 0 Å². The molecule has 8 nitrogen and oxygen atoms in total. The van der Waals surface area contributed by atoms with Crippen LogP contribution in [0.1, 0.15) is 58.6 Å². The van der Waals surface area contributed by atoms with E-state index in [2.05, 4.69) is 16.0 Å². The number of aryl methyl sites for hydroxylation is 1. The van der Waals surface area contributed by atoms with Crippen molar-refractivity contribution >= 4 is 17.9 Å². The standard InChI is InChI=1S/C35H45N3O5/c1-34(2,3)43-33(41)37-30(24-27-15-8-6-9-16-27)31(39)38-35(4,25-28-17-10-7-11-18-28)32(40)36-23-13-12-14-26-19-21-29(42-5)22-20-26/h6-11,15-22,30H,12-14,23-25H2,1-5H3,(H,36,40)(H,37,41)(H,38,39)/t30-,35-/m0/s1/i4D. The zero-order valence-corrected chi connectivity index (χ0v) is 25.7. The molecule has 230 valence electrons. The topological polar surface area (TPSA) is 106 Å². The number of carbonyl (C=O) groups excluding carboxylic acids is 3. The number of amides is 3. The van der Waals surface area contributed by atoms with Gasteiger partial charge in [-0.2, -0.15) is 0 Å². The summed E-state index contributed by atoms with van der Waals surface area (Å²) in [5.74, 6) is -0.206. The SMILES string of the molecule is [2H]C[C@@](Cc1ccccc1)(NC(=O)[C@H](Cc1ccccc1)NC(=O)OC(C)(C)C)C(=O)NCCCCc1ccc(OC)cc1. The molecule has 3 aromatic carbocycles. The van der Waals surface area contributed by atoms with E-state index in [1.807, 2.05) is 84.9 Å². The first kappa shape index (κ1) is 31.6. The molecule has 3 aromatic rings. The zero-order valence-electron chi connectivity index (χ0n) is 26.7. The summed E-state index contributed by atoms with van der Waals surface area (Å²) in [6, 6.07) is 25.4. The first-order chi connectivity index (χ1) is 21.0. The van der Waals surface area contributed by atoms with Crippen molar-refractivity contribution in [3.63, 3.8) is 0 Å². The third-order valence-electron chi connectivity index (χ3n) is 6.77. The van der Waals surface area contributed by atoms with Crippen LogP contribution >= 0.6 is 0 Å². The van der Waals surface area contributed by atoms with E-state index in [9.17, 15) is 14.4 Å². The van der Waals surface area contributed by atoms with Crippen molar-refractivity contribution in [2.45, 2.75) is 77.0 Å². The van der Waals surface area contributed by atoms with Gasteiger partial charge in [0.05, 0.1) is 7.11 Å². The van der Waals surface area contributed by atoms with Crippen LogP contribution in [0.3, 0.4) is 0 Å². The van der Waals surface area contributed by atoms with Gasteiger partial charge in [-0.25, -0.2) is 4.79 Å². The van der Waals surface area contributed by atoms with Crippen LogP contribution < -0.4 is 20.7 Å². The Morgan fingerprint density at radius 2 is 1.47 bits per heavy atom. The van der Waals surface area contributed by atoms with Gasteiger partial charge in [-0.3, -0.25) is 9.59 Å². The van der Waals surface area contributed by atoms with Crippen LogP contribution in [0.2, 0.25) is 0 Å². The van der Waals surface area contributed by atoms with Crippen molar-refractivity contribution in [2.24, 2.45) is 0 Å². The maximum absolute atomic E-state index is 13.8. The fraction of sp³-hybridized carbons (Fsp3) is 0.400. The van der Waals surface area contributed by atoms with Crippen molar-refractivity contribution in [2.75, 3.05) is 13.7 Å². The van der Waals surface area contributed by atoms with Crippen LogP contribution in [0.4, 0.5) is 4.79 Å². The summed E-state index contributed by atoms with van der Waals surface area (Å²) >= 11 is 0. The van der Waals surface area contributed by atoms with Crippen molar-refractivity contribution in [1.82, 2.24) is 16.0 Å². The van der Waals surface area contributed by atoms with Crippen molar-refractivity contribution in [1.29, 1.82) is 0 Å². The molecule has 0 aliphatic heterocycles. The molecule has 0 spiro atoms. The summed E-state index contributed by atoms with van der Waals surface area (Å²) in [6.07, 6.45) is 1.98. The molecule has 0 saturated heterocycles. The first-order valence-electron chi connectivity index (χ1n) is 15.3. The lowest BCUT2D eigenvalue weighted by Crippen LogP contribution is -2.62. The summed E-state index contributed by atoms with van der Waals surface area (Å²) in [7, 11) is 1.63. The summed E-state index contributed by atoms with van der Waals surface area (Å²) in [5, 5.41) is 8.51. The Labute approximate surface area is 257 Å². The van der Waals surface area contributed by atoms with E-state index in [1.54, 1.807) is 27.9 Å². The number of benzene rings is 3. The van der Waals surface area contributed by atoms with Gasteiger partial charge in [0.2, 0.25) is 11.8 Å². The summed E-state index contributed by atoms with van der Waals surface area (Å²) in [6.45, 7) is 5.22. The van der Waals surface area contributed by atoms with Crippen LogP contribution in [0.25, 0.3) is 0 Å². The number of ether oxygens (including phenoxy) is 2. The van der Waals surface area contributed by atoms with Gasteiger partial charge in [0.15, 0.2) is 0 Å². The van der Waals surface area contributed by atoms with Gasteiger partial charge in [-0.15, -0.1) is 0 Å². The minimum atomic E-state index is -1.56. The Hall–Kier alpha value is -4.33. The number of unbranched alkanes of at least 4 members (excludes halogenated alkanes) is 1. The predicted octanol–water partition coefficient (Wildman–Crippen LogP) is 5.39. The number of carbonyl (C=O) groups is 3. The van der Waals surface area contributed by atoms with Crippen molar-refractivity contribution in [3.8, 4) is 5.75 Å². The maximum atomic E-state index is 13.8. The van der Waals surface area contributed by atoms with Gasteiger partial charge < -0.3 is 25.4 Å². The minimum absolute atomic E-state index is 0.116. The molecule has 0 radical (unpaired) electrons. The van der Waals surface area contributed by atoms with E-state index < -0.39 is 42.0 Å². The van der Waals surface area contributed by atoms with Gasteiger partial charge in [0, 0.05) is 20.8 Å². The Balaban J connectivity index is 1.75. The lowest BCUT2D eigenvalue weighted by Gasteiger charge is -2.32. The van der Waals surface area contributed by atoms with E-state index in [4.69, 9.17) is 10.8 Å². The number of alkyl carbamates (subject to hydrolysis) is 1. The van der Waals surface area contributed by atoms with Gasteiger partial charge in [0.25, 0.3) is 0 Å². The Kier molecular flexibility index (Phi) is 11.6. The third-order valence-corrected chi connectivity index (χ3v) is 6.77. The second-order valence-corrected chi connectivity index (χ2v) is 11.7. The third kappa shape index (κ3) is 11.5. The predicted molar refractivity (Wildman–Crippen MR) is 169 cm³/mol. The fourth-order valence-electron chi connectivity index (χ4n) is 4.57. The van der Waals surface area contributed by atoms with Gasteiger partial charge >= 0.3 is 6.09 Å². The Morgan fingerprint density at radius 3 is 2.05 bits per heavy atom. The molecule has 0 aliphatic carbocycles. The highest BCUT2D eigenvalue weighted by Gasteiger charge is 2.37. The average molecular weight is 589 g/mol. The number of rotatable bonds is 14. The smallest absolute Gasteiger partial charge is 0.408 e. The highest BCUT2D eigenvalue weighted by molar-refractivity contribution is 5.94. The fourth-order valence-corrected chi connectivity index (χ4v) is 4.57. The quantitative estimate of drug-likeness (QED) is 0.219. The lowest BCUT2D eigenvalue weighted by atomic mass is 9.90. The van der Waals surface area contributed by atoms with Gasteiger partial charge in [-0.05, 0) is 75.8 Å². The lowest BCUT2D eigenvalue weighted by molar-refractivity contribution is -0.133. The number of hydrogen-bond donors (Lipinski definition) is 3. The molecular formula is C35H45N3O5. The number of nitrogens with one attached hydrogen (secondary N) is 3. The molecule has 0 unspecified atom stereocenters. The van der Waals surface area contributed by atoms with E-state index >= 15 is 0 Å². The highest BCUT2D eigenvalue weighted by Crippen LogP contribution is 2.17. The molecule has 8 heteroatoms. The van der Waals surface area contributed by atoms with E-state index in [1.165, 1.54) is 5.56 Å². The molecule has 0 aliphatic rings. The monoisotopic (exact) mass is 588 g/mol. The number of methoxy groups -OCH3 is 1. The molecule has 0 bridgehead atoms. The average Bonchev–Trinajstić information content (AvgIpc) is 3.00. The van der Waals surface area contributed by atoms with Gasteiger partial charge in [0.1, 0.15) is 22.9 Å². The largest absolute Gasteiger partial charge is 0.497 e. The van der Waals surface area contributed by atoms with Crippen molar-refractivity contribution < 1.29 is 25.2 Å². The molecule has 0 aromatic heterocycles. The second kappa shape index (κ2) is 15.8. The summed E-state index contributed by atoms with van der Waals surface area (Å²) in [4.78, 5) is 40.3. The van der Waals surface area contributed by atoms with Crippen LogP contribution in [-0.4, -0.2) is 48.7 Å². The number of hydrogen-bond acceptors (Lipinski definition) is 5. The zero-order chi connectivity index (χ0) is 32.0. The molecular weight excluding hydrogens is 542 g/mol. The second-order valence-electron chi connectivity index (χ2n) is 11.7. The van der Waals surface area contributed by atoms with Crippen LogP contribution in [-0.2, 0) is 33.6 Å². The molecule has 3 amide bonds. The highest BCUT2D eigenvalue weighted by atomic mass is 16.6. The summed E-state index contributed by atoms with van der Waals surface area (Å²) < 4.78 is 19.1. The molecule has 43 heavy (non-hydrogen) atoms. The summed E-state index contributed by atoms with van der Waals surface area (Å²) in [5.41, 5.74) is 0.484. The van der Waals surface area contributed by atoms with Crippen LogP contribution in [0.5, 0.6) is 5.75 Å². The Morgan fingerprint density at radius 1 is 0.837 bits per heavy atom. The van der Waals surface area contributed by atoms with Crippen molar-refractivity contribution in [3.05, 3.63) is 102 Å². The van der Waals surface area contributed by atoms with E-state index in [0.29, 0.717) is 6.54 Å². The van der Waals surface area contributed by atoms with Crippen LogP contribution in [0.15, 0.2) is 84.9 Å². The van der Waals surface area contributed by atoms with Gasteiger partial charge in [-0.1, -0.05) is 72.8 Å². The Bertz CT molecular complexity index is 1330. The first-order valence-corrected chi connectivity index (χ1v) is 14.6. The molecule has 3 rings (SSSR count). The normalized spacial score (nSPS) is 13.5. The maximum Gasteiger partial charge on any atom is 0.408 e. The van der Waals surface area contributed by atoms with E-state index in [-0.39, 0.29) is 12.8 Å². The molecule has 0 saturated carbocycles. The molecule has 3 N–H and O–H groups in total. The minimum Gasteiger partial charge on any atom is -0.497 e. The molecule has 0 fully saturated rings. The molecule has 0 heterocycles. The van der Waals surface area contributed by atoms with E-state index in [0.717, 1.165) is 36.1 Å².